The Labute approximate surface area is 381 Å². The van der Waals surface area contributed by atoms with Crippen LogP contribution in [0.3, 0.4) is 0 Å². The standard InChI is InChI=1S/C52H98O10/c1-16-57-37-52(38-58-43(6)7,39-61-50(12,13)46(55)33-25-19-27-35-59-48(8,9)44(53)31-23-17-21-29-41(2)3)40-62-51(14,15)47(56)34-26-20-28-36-60-49(10,11)45(54)32-24-18-22-30-42(4)5/h41-43H,16-40H2,1-15H3. The molecule has 0 aliphatic heterocycles. The molecule has 0 amide bonds. The van der Waals surface area contributed by atoms with Gasteiger partial charge in [-0.3, -0.25) is 19.2 Å². The molecule has 0 aliphatic carbocycles. The van der Waals surface area contributed by atoms with Crippen LogP contribution in [-0.4, -0.2) is 97.9 Å². The number of ether oxygens (including phenoxy) is 6. The van der Waals surface area contributed by atoms with Gasteiger partial charge in [0.2, 0.25) is 0 Å². The second kappa shape index (κ2) is 31.4. The third-order valence-electron chi connectivity index (χ3n) is 11.9. The van der Waals surface area contributed by atoms with Crippen LogP contribution in [0.4, 0.5) is 0 Å². The van der Waals surface area contributed by atoms with Gasteiger partial charge in [0.1, 0.15) is 22.4 Å². The molecule has 0 fully saturated rings. The molecule has 0 aromatic rings. The summed E-state index contributed by atoms with van der Waals surface area (Å²) in [7, 11) is 0. The van der Waals surface area contributed by atoms with Crippen molar-refractivity contribution in [3.63, 3.8) is 0 Å². The quantitative estimate of drug-likeness (QED) is 0.0547. The Morgan fingerprint density at radius 1 is 0.403 bits per heavy atom. The molecule has 0 bridgehead atoms. The Morgan fingerprint density at radius 2 is 0.726 bits per heavy atom. The molecule has 0 aromatic carbocycles. The third-order valence-corrected chi connectivity index (χ3v) is 11.9. The number of hydrogen-bond donors (Lipinski definition) is 0. The Balaban J connectivity index is 5.08. The molecule has 0 aliphatic rings. The lowest BCUT2D eigenvalue weighted by molar-refractivity contribution is -0.175. The number of rotatable bonds is 42. The number of hydrogen-bond acceptors (Lipinski definition) is 10. The second-order valence-electron chi connectivity index (χ2n) is 21.1. The molecular weight excluding hydrogens is 785 g/mol. The molecule has 0 aromatic heterocycles. The first-order chi connectivity index (χ1) is 28.8. The fourth-order valence-electron chi connectivity index (χ4n) is 6.92. The highest BCUT2D eigenvalue weighted by Gasteiger charge is 2.40. The van der Waals surface area contributed by atoms with Crippen LogP contribution in [0.5, 0.6) is 0 Å². The van der Waals surface area contributed by atoms with E-state index in [1.807, 2.05) is 48.5 Å². The maximum atomic E-state index is 13.5. The molecule has 0 atom stereocenters. The van der Waals surface area contributed by atoms with Gasteiger partial charge in [0, 0.05) is 45.5 Å². The average molecular weight is 883 g/mol. The largest absolute Gasteiger partial charge is 0.381 e. The molecule has 0 unspecified atom stereocenters. The van der Waals surface area contributed by atoms with Crippen molar-refractivity contribution in [3.05, 3.63) is 0 Å². The van der Waals surface area contributed by atoms with Crippen molar-refractivity contribution >= 4 is 23.1 Å². The van der Waals surface area contributed by atoms with E-state index in [1.54, 1.807) is 27.7 Å². The van der Waals surface area contributed by atoms with Gasteiger partial charge in [-0.1, -0.05) is 79.1 Å². The minimum Gasteiger partial charge on any atom is -0.381 e. The molecule has 0 N–H and O–H groups in total. The Bertz CT molecular complexity index is 1150. The summed E-state index contributed by atoms with van der Waals surface area (Å²) in [6.45, 7) is 31.7. The molecule has 10 heteroatoms. The van der Waals surface area contributed by atoms with Crippen molar-refractivity contribution in [2.45, 2.75) is 248 Å². The van der Waals surface area contributed by atoms with Gasteiger partial charge in [-0.05, 0) is 127 Å². The lowest BCUT2D eigenvalue weighted by Crippen LogP contribution is -2.49. The van der Waals surface area contributed by atoms with Crippen LogP contribution < -0.4 is 0 Å². The summed E-state index contributed by atoms with van der Waals surface area (Å²) in [4.78, 5) is 52.5. The van der Waals surface area contributed by atoms with E-state index in [1.165, 1.54) is 12.8 Å². The average Bonchev–Trinajstić information content (AvgIpc) is 3.18. The molecule has 10 nitrogen and oxygen atoms in total. The first kappa shape index (κ1) is 60.4. The van der Waals surface area contributed by atoms with E-state index in [0.29, 0.717) is 70.2 Å². The molecule has 0 saturated carbocycles. The van der Waals surface area contributed by atoms with Gasteiger partial charge in [-0.25, -0.2) is 0 Å². The fraction of sp³-hybridized carbons (Fsp3) is 0.923. The first-order valence-electron chi connectivity index (χ1n) is 24.7. The molecular formula is C52H98O10. The lowest BCUT2D eigenvalue weighted by atomic mass is 9.90. The fourth-order valence-corrected chi connectivity index (χ4v) is 6.92. The van der Waals surface area contributed by atoms with Crippen molar-refractivity contribution in [2.24, 2.45) is 17.3 Å². The van der Waals surface area contributed by atoms with Crippen LogP contribution in [-0.2, 0) is 47.6 Å². The Morgan fingerprint density at radius 3 is 1.03 bits per heavy atom. The highest BCUT2D eigenvalue weighted by atomic mass is 16.5. The van der Waals surface area contributed by atoms with E-state index in [9.17, 15) is 19.2 Å². The van der Waals surface area contributed by atoms with Crippen molar-refractivity contribution in [1.29, 1.82) is 0 Å². The van der Waals surface area contributed by atoms with Crippen LogP contribution in [0, 0.1) is 17.3 Å². The van der Waals surface area contributed by atoms with Gasteiger partial charge < -0.3 is 28.4 Å². The molecule has 0 heterocycles. The van der Waals surface area contributed by atoms with Crippen LogP contribution in [0.1, 0.15) is 219 Å². The normalized spacial score (nSPS) is 13.2. The highest BCUT2D eigenvalue weighted by Crippen LogP contribution is 2.29. The maximum Gasteiger partial charge on any atom is 0.164 e. The van der Waals surface area contributed by atoms with Gasteiger partial charge in [0.15, 0.2) is 23.1 Å². The van der Waals surface area contributed by atoms with E-state index in [0.717, 1.165) is 64.2 Å². The maximum absolute atomic E-state index is 13.5. The number of carbonyl (C=O) groups excluding carboxylic acids is 4. The van der Waals surface area contributed by atoms with Crippen molar-refractivity contribution in [2.75, 3.05) is 46.2 Å². The molecule has 62 heavy (non-hydrogen) atoms. The summed E-state index contributed by atoms with van der Waals surface area (Å²) in [5, 5.41) is 0. The molecule has 0 rings (SSSR count). The number of ketones is 4. The summed E-state index contributed by atoms with van der Waals surface area (Å²) in [5.74, 6) is 1.70. The molecule has 0 saturated heterocycles. The third kappa shape index (κ3) is 27.7. The lowest BCUT2D eigenvalue weighted by Gasteiger charge is -2.38. The van der Waals surface area contributed by atoms with Crippen molar-refractivity contribution in [3.8, 4) is 0 Å². The van der Waals surface area contributed by atoms with Crippen molar-refractivity contribution < 1.29 is 47.6 Å². The minimum atomic E-state index is -1.06. The van der Waals surface area contributed by atoms with Gasteiger partial charge in [0.05, 0.1) is 37.9 Å². The van der Waals surface area contributed by atoms with E-state index in [-0.39, 0.29) is 55.7 Å². The Kier molecular flexibility index (Phi) is 30.6. The van der Waals surface area contributed by atoms with Crippen LogP contribution in [0.25, 0.3) is 0 Å². The topological polar surface area (TPSA) is 124 Å². The van der Waals surface area contributed by atoms with Crippen LogP contribution in [0.15, 0.2) is 0 Å². The number of Topliss-reactive ketones (excluding diaryl/α,β-unsaturated/α-hetero) is 4. The summed E-state index contributed by atoms with van der Waals surface area (Å²) < 4.78 is 37.0. The van der Waals surface area contributed by atoms with E-state index >= 15 is 0 Å². The monoisotopic (exact) mass is 883 g/mol. The number of carbonyl (C=O) groups is 4. The SMILES string of the molecule is CCOCC(COC(C)C)(COC(C)(C)C(=O)CCCCCOC(C)(C)C(=O)CCCCCC(C)C)COC(C)(C)C(=O)CCCCCOC(C)(C)C(=O)CCCCCC(C)C. The molecule has 0 spiro atoms. The highest BCUT2D eigenvalue weighted by molar-refractivity contribution is 5.87. The van der Waals surface area contributed by atoms with Crippen LogP contribution in [0.2, 0.25) is 0 Å². The number of unbranched alkanes of at least 4 members (excludes halogenated alkanes) is 8. The summed E-state index contributed by atoms with van der Waals surface area (Å²) in [6, 6.07) is 0. The van der Waals surface area contributed by atoms with Gasteiger partial charge in [-0.15, -0.1) is 0 Å². The zero-order valence-corrected chi connectivity index (χ0v) is 43.0. The predicted molar refractivity (Wildman–Crippen MR) is 253 cm³/mol. The minimum absolute atomic E-state index is 0.00555. The molecule has 366 valence electrons. The zero-order chi connectivity index (χ0) is 47.5. The van der Waals surface area contributed by atoms with E-state index < -0.39 is 27.8 Å². The Hall–Kier alpha value is -1.56. The van der Waals surface area contributed by atoms with Crippen molar-refractivity contribution in [1.82, 2.24) is 0 Å². The molecule has 0 radical (unpaired) electrons. The second-order valence-corrected chi connectivity index (χ2v) is 21.1. The zero-order valence-electron chi connectivity index (χ0n) is 43.0. The summed E-state index contributed by atoms with van der Waals surface area (Å²) in [5.41, 5.74) is -4.47. The van der Waals surface area contributed by atoms with Gasteiger partial charge in [0.25, 0.3) is 0 Å². The van der Waals surface area contributed by atoms with E-state index in [2.05, 4.69) is 27.7 Å². The summed E-state index contributed by atoms with van der Waals surface area (Å²) >= 11 is 0. The van der Waals surface area contributed by atoms with Gasteiger partial charge in [-0.2, -0.15) is 0 Å². The van der Waals surface area contributed by atoms with Crippen LogP contribution >= 0.6 is 0 Å². The summed E-state index contributed by atoms with van der Waals surface area (Å²) in [6.07, 6.45) is 15.0. The smallest absolute Gasteiger partial charge is 0.164 e. The first-order valence-corrected chi connectivity index (χ1v) is 24.7. The van der Waals surface area contributed by atoms with Gasteiger partial charge >= 0.3 is 0 Å². The predicted octanol–water partition coefficient (Wildman–Crippen LogP) is 12.2. The van der Waals surface area contributed by atoms with E-state index in [4.69, 9.17) is 28.4 Å².